The van der Waals surface area contributed by atoms with Gasteiger partial charge in [-0.05, 0) is 64.8 Å². The van der Waals surface area contributed by atoms with Gasteiger partial charge < -0.3 is 20.4 Å². The third-order valence-corrected chi connectivity index (χ3v) is 7.31. The largest absolute Gasteiger partial charge is 0.354 e. The summed E-state index contributed by atoms with van der Waals surface area (Å²) >= 11 is 1.53. The Bertz CT molecular complexity index is 868. The molecule has 0 saturated carbocycles. The van der Waals surface area contributed by atoms with Crippen LogP contribution < -0.4 is 15.5 Å². The van der Waals surface area contributed by atoms with E-state index in [9.17, 15) is 14.4 Å². The van der Waals surface area contributed by atoms with Gasteiger partial charge in [0.1, 0.15) is 0 Å². The van der Waals surface area contributed by atoms with Crippen LogP contribution in [0, 0.1) is 6.92 Å². The summed E-state index contributed by atoms with van der Waals surface area (Å²) in [4.78, 5) is 43.1. The zero-order valence-electron chi connectivity index (χ0n) is 21.9. The molecular weight excluding hydrogens is 448 g/mol. The third kappa shape index (κ3) is 6.54. The van der Waals surface area contributed by atoms with Gasteiger partial charge in [-0.1, -0.05) is 20.8 Å². The molecule has 34 heavy (non-hydrogen) atoms. The Hall–Kier alpha value is -2.06. The van der Waals surface area contributed by atoms with Crippen molar-refractivity contribution < 1.29 is 14.4 Å². The highest BCUT2D eigenvalue weighted by Crippen LogP contribution is 2.41. The van der Waals surface area contributed by atoms with Gasteiger partial charge in [0.15, 0.2) is 0 Å². The van der Waals surface area contributed by atoms with E-state index in [0.29, 0.717) is 25.1 Å². The smallest absolute Gasteiger partial charge is 0.254 e. The fourth-order valence-electron chi connectivity index (χ4n) is 4.48. The third-order valence-electron chi connectivity index (χ3n) is 6.18. The number of anilines is 1. The molecule has 3 rings (SSSR count). The number of nitrogens with zero attached hydrogens (tertiary/aromatic N) is 2. The van der Waals surface area contributed by atoms with Crippen LogP contribution in [0.15, 0.2) is 17.0 Å². The van der Waals surface area contributed by atoms with Crippen molar-refractivity contribution >= 4 is 35.2 Å². The van der Waals surface area contributed by atoms with Gasteiger partial charge in [0.2, 0.25) is 11.8 Å². The summed E-state index contributed by atoms with van der Waals surface area (Å²) in [5.41, 5.74) is 2.34. The summed E-state index contributed by atoms with van der Waals surface area (Å²) in [5, 5.41) is 6.06. The molecule has 0 radical (unpaired) electrons. The summed E-state index contributed by atoms with van der Waals surface area (Å²) in [6.45, 7) is 16.4. The maximum Gasteiger partial charge on any atom is 0.254 e. The van der Waals surface area contributed by atoms with E-state index in [4.69, 9.17) is 0 Å². The van der Waals surface area contributed by atoms with Crippen molar-refractivity contribution in [3.63, 3.8) is 0 Å². The summed E-state index contributed by atoms with van der Waals surface area (Å²) in [5.74, 6) is -0.0115. The number of benzene rings is 1. The number of fused-ring (bicyclic) bond motifs is 1. The topological polar surface area (TPSA) is 81.8 Å². The van der Waals surface area contributed by atoms with Crippen LogP contribution in [-0.2, 0) is 9.59 Å². The minimum absolute atomic E-state index is 0.00713. The zero-order valence-corrected chi connectivity index (χ0v) is 22.7. The Morgan fingerprint density at radius 1 is 1.29 bits per heavy atom. The van der Waals surface area contributed by atoms with Gasteiger partial charge in [0.05, 0.1) is 10.9 Å². The molecule has 0 bridgehead atoms. The first-order chi connectivity index (χ1) is 16.2. The van der Waals surface area contributed by atoms with Crippen LogP contribution >= 0.6 is 11.8 Å². The van der Waals surface area contributed by atoms with E-state index < -0.39 is 0 Å². The molecule has 1 saturated heterocycles. The number of carbonyl (C=O) groups excluding carboxylic acids is 3. The molecule has 0 spiro atoms. The van der Waals surface area contributed by atoms with Crippen LogP contribution in [0.3, 0.4) is 0 Å². The monoisotopic (exact) mass is 490 g/mol. The van der Waals surface area contributed by atoms with E-state index >= 15 is 0 Å². The highest BCUT2D eigenvalue weighted by molar-refractivity contribution is 8.01. The predicted molar refractivity (Wildman–Crippen MR) is 141 cm³/mol. The summed E-state index contributed by atoms with van der Waals surface area (Å²) in [6.07, 6.45) is 2.47. The Kier molecular flexibility index (Phi) is 10.9. The highest BCUT2D eigenvalue weighted by Gasteiger charge is 2.34. The number of aryl methyl sites for hydroxylation is 1. The number of thioether (sulfide) groups is 1. The maximum absolute atomic E-state index is 13.7. The minimum atomic E-state index is -0.203. The normalized spacial score (nSPS) is 19.8. The van der Waals surface area contributed by atoms with Crippen LogP contribution in [0.25, 0.3) is 0 Å². The molecule has 2 heterocycles. The van der Waals surface area contributed by atoms with E-state index in [1.54, 1.807) is 11.8 Å². The van der Waals surface area contributed by atoms with Crippen molar-refractivity contribution in [1.29, 1.82) is 0 Å². The molecule has 0 aromatic heterocycles. The lowest BCUT2D eigenvalue weighted by Crippen LogP contribution is -2.51. The maximum atomic E-state index is 13.7. The van der Waals surface area contributed by atoms with Crippen molar-refractivity contribution in [3.8, 4) is 0 Å². The lowest BCUT2D eigenvalue weighted by molar-refractivity contribution is -0.121. The van der Waals surface area contributed by atoms with Crippen LogP contribution in [0.1, 0.15) is 76.7 Å². The first-order valence-electron chi connectivity index (χ1n) is 12.7. The molecular formula is C26H42N4O3S. The predicted octanol–water partition coefficient (Wildman–Crippen LogP) is 3.98. The fraction of sp³-hybridized carbons (Fsp3) is 0.654. The molecule has 1 unspecified atom stereocenters. The molecule has 2 aliphatic rings. The number of hydrogen-bond donors (Lipinski definition) is 2. The molecule has 1 fully saturated rings. The van der Waals surface area contributed by atoms with Crippen LogP contribution in [0.2, 0.25) is 0 Å². The molecule has 2 N–H and O–H groups in total. The van der Waals surface area contributed by atoms with Crippen LogP contribution in [0.4, 0.5) is 5.69 Å². The SMILES string of the molecule is CC.CCC(=O)NCCN1C(=O)C(C)Sc2cc(C)c(C(=O)N(C(C)C)[C@@H]3CCCNC3)cc21. The number of amides is 3. The molecule has 0 aliphatic carbocycles. The second-order valence-corrected chi connectivity index (χ2v) is 10.3. The van der Waals surface area contributed by atoms with Crippen molar-refractivity contribution in [3.05, 3.63) is 23.3 Å². The van der Waals surface area contributed by atoms with Crippen molar-refractivity contribution in [2.24, 2.45) is 0 Å². The molecule has 3 amide bonds. The van der Waals surface area contributed by atoms with E-state index in [1.165, 1.54) is 11.8 Å². The lowest BCUT2D eigenvalue weighted by Gasteiger charge is -2.38. The Balaban J connectivity index is 0.00000199. The Morgan fingerprint density at radius 2 is 2.00 bits per heavy atom. The molecule has 1 aromatic carbocycles. The van der Waals surface area contributed by atoms with E-state index in [-0.39, 0.29) is 35.1 Å². The van der Waals surface area contributed by atoms with Gasteiger partial charge in [0, 0.05) is 48.6 Å². The van der Waals surface area contributed by atoms with E-state index in [0.717, 1.165) is 42.1 Å². The summed E-state index contributed by atoms with van der Waals surface area (Å²) in [7, 11) is 0. The average Bonchev–Trinajstić information content (AvgIpc) is 2.83. The second-order valence-electron chi connectivity index (χ2n) is 8.89. The first-order valence-corrected chi connectivity index (χ1v) is 13.5. The number of carbonyl (C=O) groups is 3. The number of hydrogen-bond acceptors (Lipinski definition) is 5. The fourth-order valence-corrected chi connectivity index (χ4v) is 5.62. The number of nitrogens with one attached hydrogen (secondary N) is 2. The highest BCUT2D eigenvalue weighted by atomic mass is 32.2. The summed E-state index contributed by atoms with van der Waals surface area (Å²) in [6, 6.07) is 4.17. The standard InChI is InChI=1S/C24H36N4O3S.C2H6/c1-6-22(29)26-10-11-27-20-13-19(16(4)12-21(20)32-17(5)23(27)30)24(31)28(15(2)3)18-8-7-9-25-14-18;1-2/h12-13,15,17-18,25H,6-11,14H2,1-5H3,(H,26,29);1-2H3/t17?,18-;/m1./s1. The molecule has 1 aromatic rings. The van der Waals surface area contributed by atoms with Crippen LogP contribution in [-0.4, -0.2) is 66.1 Å². The van der Waals surface area contributed by atoms with Crippen molar-refractivity contribution in [2.45, 2.75) is 90.0 Å². The number of rotatable bonds is 7. The minimum Gasteiger partial charge on any atom is -0.354 e. The van der Waals surface area contributed by atoms with Gasteiger partial charge >= 0.3 is 0 Å². The van der Waals surface area contributed by atoms with Crippen LogP contribution in [0.5, 0.6) is 0 Å². The van der Waals surface area contributed by atoms with E-state index in [2.05, 4.69) is 24.5 Å². The summed E-state index contributed by atoms with van der Waals surface area (Å²) < 4.78 is 0. The van der Waals surface area contributed by atoms with Crippen molar-refractivity contribution in [1.82, 2.24) is 15.5 Å². The van der Waals surface area contributed by atoms with E-state index in [1.807, 2.05) is 44.7 Å². The average molecular weight is 491 g/mol. The molecule has 190 valence electrons. The lowest BCUT2D eigenvalue weighted by atomic mass is 10.00. The van der Waals surface area contributed by atoms with Gasteiger partial charge in [-0.25, -0.2) is 0 Å². The molecule has 2 aliphatic heterocycles. The van der Waals surface area contributed by atoms with Gasteiger partial charge in [-0.15, -0.1) is 11.8 Å². The van der Waals surface area contributed by atoms with Gasteiger partial charge in [-0.2, -0.15) is 0 Å². The first kappa shape index (κ1) is 28.2. The van der Waals surface area contributed by atoms with Gasteiger partial charge in [-0.3, -0.25) is 14.4 Å². The molecule has 7 nitrogen and oxygen atoms in total. The second kappa shape index (κ2) is 13.1. The van der Waals surface area contributed by atoms with Crippen molar-refractivity contribution in [2.75, 3.05) is 31.1 Å². The molecule has 2 atom stereocenters. The Morgan fingerprint density at radius 3 is 2.59 bits per heavy atom. The quantitative estimate of drug-likeness (QED) is 0.604. The Labute approximate surface area is 209 Å². The number of piperidine rings is 1. The molecule has 8 heteroatoms. The zero-order chi connectivity index (χ0) is 25.4. The van der Waals surface area contributed by atoms with Gasteiger partial charge in [0.25, 0.3) is 5.91 Å².